The fourth-order valence-electron chi connectivity index (χ4n) is 0.548. The van der Waals surface area contributed by atoms with Gasteiger partial charge in [0, 0.05) is 13.2 Å². The molecule has 0 N–H and O–H groups in total. The van der Waals surface area contributed by atoms with Gasteiger partial charge in [0.05, 0.1) is 13.2 Å². The fraction of sp³-hybridized carbons (Fsp3) is 0.625. The standard InChI is InChI=1S/C8H14O3/c1-6(7(2)10-3)5-8(9)11-4/h5,7H,1-4H3. The third-order valence-electron chi connectivity index (χ3n) is 1.54. The van der Waals surface area contributed by atoms with Crippen LogP contribution in [0.4, 0.5) is 0 Å². The lowest BCUT2D eigenvalue weighted by Crippen LogP contribution is -2.08. The van der Waals surface area contributed by atoms with Crippen molar-refractivity contribution in [3.05, 3.63) is 11.6 Å². The van der Waals surface area contributed by atoms with Gasteiger partial charge in [0.1, 0.15) is 0 Å². The highest BCUT2D eigenvalue weighted by molar-refractivity contribution is 5.82. The van der Waals surface area contributed by atoms with Crippen LogP contribution in [0.1, 0.15) is 13.8 Å². The van der Waals surface area contributed by atoms with Crippen LogP contribution in [-0.4, -0.2) is 26.3 Å². The van der Waals surface area contributed by atoms with Crippen LogP contribution in [0.2, 0.25) is 0 Å². The van der Waals surface area contributed by atoms with Crippen molar-refractivity contribution < 1.29 is 14.3 Å². The minimum Gasteiger partial charge on any atom is -0.466 e. The number of hydrogen-bond acceptors (Lipinski definition) is 3. The molecule has 0 spiro atoms. The fourth-order valence-corrected chi connectivity index (χ4v) is 0.548. The Morgan fingerprint density at radius 2 is 2.00 bits per heavy atom. The van der Waals surface area contributed by atoms with Crippen molar-refractivity contribution in [3.63, 3.8) is 0 Å². The summed E-state index contributed by atoms with van der Waals surface area (Å²) in [5.74, 6) is -0.341. The molecule has 3 heteroatoms. The molecule has 0 fully saturated rings. The smallest absolute Gasteiger partial charge is 0.330 e. The molecule has 0 aromatic rings. The SMILES string of the molecule is COC(=O)C=C(C)C(C)OC. The first-order valence-electron chi connectivity index (χ1n) is 3.40. The largest absolute Gasteiger partial charge is 0.466 e. The predicted molar refractivity (Wildman–Crippen MR) is 42.2 cm³/mol. The molecule has 0 heterocycles. The van der Waals surface area contributed by atoms with E-state index < -0.39 is 0 Å². The van der Waals surface area contributed by atoms with E-state index in [1.54, 1.807) is 7.11 Å². The predicted octanol–water partition coefficient (Wildman–Crippen LogP) is 1.14. The van der Waals surface area contributed by atoms with Crippen molar-refractivity contribution in [3.8, 4) is 0 Å². The Morgan fingerprint density at radius 3 is 2.36 bits per heavy atom. The molecular formula is C8H14O3. The Labute approximate surface area is 67.0 Å². The maximum absolute atomic E-state index is 10.7. The molecule has 1 atom stereocenters. The Balaban J connectivity index is 4.09. The van der Waals surface area contributed by atoms with Crippen LogP contribution < -0.4 is 0 Å². The van der Waals surface area contributed by atoms with Crippen LogP contribution in [0.15, 0.2) is 11.6 Å². The van der Waals surface area contributed by atoms with Gasteiger partial charge in [-0.25, -0.2) is 4.79 Å². The number of methoxy groups -OCH3 is 2. The van der Waals surface area contributed by atoms with E-state index >= 15 is 0 Å². The lowest BCUT2D eigenvalue weighted by Gasteiger charge is -2.08. The molecule has 0 saturated heterocycles. The molecule has 1 unspecified atom stereocenters. The molecule has 3 nitrogen and oxygen atoms in total. The zero-order valence-corrected chi connectivity index (χ0v) is 7.38. The highest BCUT2D eigenvalue weighted by Crippen LogP contribution is 2.03. The van der Waals surface area contributed by atoms with Crippen LogP contribution in [0.5, 0.6) is 0 Å². The lowest BCUT2D eigenvalue weighted by molar-refractivity contribution is -0.134. The van der Waals surface area contributed by atoms with Crippen molar-refractivity contribution in [2.24, 2.45) is 0 Å². The van der Waals surface area contributed by atoms with Crippen molar-refractivity contribution in [2.75, 3.05) is 14.2 Å². The van der Waals surface area contributed by atoms with Gasteiger partial charge in [0.25, 0.3) is 0 Å². The highest BCUT2D eigenvalue weighted by Gasteiger charge is 2.03. The van der Waals surface area contributed by atoms with Gasteiger partial charge in [-0.05, 0) is 19.4 Å². The van der Waals surface area contributed by atoms with E-state index in [0.29, 0.717) is 0 Å². The Hall–Kier alpha value is -0.830. The zero-order chi connectivity index (χ0) is 8.85. The number of ether oxygens (including phenoxy) is 2. The second kappa shape index (κ2) is 4.91. The lowest BCUT2D eigenvalue weighted by atomic mass is 10.2. The van der Waals surface area contributed by atoms with Gasteiger partial charge < -0.3 is 9.47 Å². The molecule has 0 saturated carbocycles. The van der Waals surface area contributed by atoms with Crippen molar-refractivity contribution in [1.82, 2.24) is 0 Å². The van der Waals surface area contributed by atoms with Gasteiger partial charge in [-0.1, -0.05) is 0 Å². The summed E-state index contributed by atoms with van der Waals surface area (Å²) in [5, 5.41) is 0. The van der Waals surface area contributed by atoms with Crippen LogP contribution in [0, 0.1) is 0 Å². The normalized spacial score (nSPS) is 14.4. The minimum atomic E-state index is -0.341. The molecule has 0 bridgehead atoms. The Kier molecular flexibility index (Phi) is 4.54. The number of carbonyl (C=O) groups is 1. The molecule has 64 valence electrons. The molecule has 0 aliphatic heterocycles. The van der Waals surface area contributed by atoms with E-state index in [1.807, 2.05) is 13.8 Å². The monoisotopic (exact) mass is 158 g/mol. The van der Waals surface area contributed by atoms with E-state index in [1.165, 1.54) is 13.2 Å². The number of rotatable bonds is 3. The summed E-state index contributed by atoms with van der Waals surface area (Å²) < 4.78 is 9.43. The first kappa shape index (κ1) is 10.2. The summed E-state index contributed by atoms with van der Waals surface area (Å²) in [6.45, 7) is 3.69. The van der Waals surface area contributed by atoms with E-state index in [9.17, 15) is 4.79 Å². The summed E-state index contributed by atoms with van der Waals surface area (Å²) in [6.07, 6.45) is 1.39. The molecule has 0 aliphatic carbocycles. The summed E-state index contributed by atoms with van der Waals surface area (Å²) in [5.41, 5.74) is 0.861. The average Bonchev–Trinajstić information content (AvgIpc) is 2.02. The first-order valence-corrected chi connectivity index (χ1v) is 3.40. The van der Waals surface area contributed by atoms with Crippen LogP contribution in [0.3, 0.4) is 0 Å². The summed E-state index contributed by atoms with van der Waals surface area (Å²) in [7, 11) is 2.95. The maximum Gasteiger partial charge on any atom is 0.330 e. The van der Waals surface area contributed by atoms with Gasteiger partial charge in [-0.15, -0.1) is 0 Å². The minimum absolute atomic E-state index is 0.0332. The van der Waals surface area contributed by atoms with E-state index in [-0.39, 0.29) is 12.1 Å². The van der Waals surface area contributed by atoms with Gasteiger partial charge in [0.2, 0.25) is 0 Å². The van der Waals surface area contributed by atoms with Gasteiger partial charge in [0.15, 0.2) is 0 Å². The summed E-state index contributed by atoms with van der Waals surface area (Å²) >= 11 is 0. The molecule has 0 radical (unpaired) electrons. The number of carbonyl (C=O) groups excluding carboxylic acids is 1. The molecular weight excluding hydrogens is 144 g/mol. The van der Waals surface area contributed by atoms with Gasteiger partial charge >= 0.3 is 5.97 Å². The second-order valence-electron chi connectivity index (χ2n) is 2.29. The Bertz CT molecular complexity index is 161. The van der Waals surface area contributed by atoms with Crippen LogP contribution >= 0.6 is 0 Å². The van der Waals surface area contributed by atoms with Gasteiger partial charge in [-0.3, -0.25) is 0 Å². The summed E-state index contributed by atoms with van der Waals surface area (Å²) in [6, 6.07) is 0. The number of esters is 1. The maximum atomic E-state index is 10.7. The molecule has 0 amide bonds. The topological polar surface area (TPSA) is 35.5 Å². The van der Waals surface area contributed by atoms with Crippen LogP contribution in [0.25, 0.3) is 0 Å². The molecule has 11 heavy (non-hydrogen) atoms. The second-order valence-corrected chi connectivity index (χ2v) is 2.29. The summed E-state index contributed by atoms with van der Waals surface area (Å²) in [4.78, 5) is 10.7. The van der Waals surface area contributed by atoms with Crippen molar-refractivity contribution in [2.45, 2.75) is 20.0 Å². The third kappa shape index (κ3) is 3.78. The third-order valence-corrected chi connectivity index (χ3v) is 1.54. The quantitative estimate of drug-likeness (QED) is 0.456. The van der Waals surface area contributed by atoms with Crippen molar-refractivity contribution >= 4 is 5.97 Å². The van der Waals surface area contributed by atoms with E-state index in [4.69, 9.17) is 4.74 Å². The van der Waals surface area contributed by atoms with Gasteiger partial charge in [-0.2, -0.15) is 0 Å². The highest BCUT2D eigenvalue weighted by atomic mass is 16.5. The number of hydrogen-bond donors (Lipinski definition) is 0. The molecule has 0 rings (SSSR count). The first-order chi connectivity index (χ1) is 5.11. The molecule has 0 aromatic carbocycles. The van der Waals surface area contributed by atoms with E-state index in [2.05, 4.69) is 4.74 Å². The van der Waals surface area contributed by atoms with Crippen molar-refractivity contribution in [1.29, 1.82) is 0 Å². The zero-order valence-electron chi connectivity index (χ0n) is 7.38. The molecule has 0 aliphatic rings. The Morgan fingerprint density at radius 1 is 1.45 bits per heavy atom. The average molecular weight is 158 g/mol. The van der Waals surface area contributed by atoms with Crippen LogP contribution in [-0.2, 0) is 14.3 Å². The van der Waals surface area contributed by atoms with E-state index in [0.717, 1.165) is 5.57 Å². The molecule has 0 aromatic heterocycles.